The first-order chi connectivity index (χ1) is 9.99. The molecule has 1 heterocycles. The fraction of sp³-hybridized carbons (Fsp3) is 0.833. The Morgan fingerprint density at radius 3 is 2.48 bits per heavy atom. The van der Waals surface area contributed by atoms with Crippen LogP contribution in [0.2, 0.25) is 0 Å². The molecule has 1 N–H and O–H groups in total. The van der Waals surface area contributed by atoms with Crippen LogP contribution in [0, 0.1) is 25.7 Å². The van der Waals surface area contributed by atoms with E-state index in [0.29, 0.717) is 18.0 Å². The van der Waals surface area contributed by atoms with Crippen LogP contribution < -0.4 is 5.32 Å². The predicted octanol–water partition coefficient (Wildman–Crippen LogP) is 4.04. The molecule has 120 valence electrons. The van der Waals surface area contributed by atoms with E-state index in [4.69, 9.17) is 5.10 Å². The molecule has 0 aromatic carbocycles. The lowest BCUT2D eigenvalue weighted by Crippen LogP contribution is -2.46. The maximum Gasteiger partial charge on any atom is 0.0701 e. The molecule has 0 spiro atoms. The summed E-state index contributed by atoms with van der Waals surface area (Å²) < 4.78 is 2.35. The first-order valence-corrected chi connectivity index (χ1v) is 8.77. The zero-order chi connectivity index (χ0) is 15.6. The maximum absolute atomic E-state index is 4.92. The third kappa shape index (κ3) is 3.33. The van der Waals surface area contributed by atoms with Crippen LogP contribution in [-0.4, -0.2) is 22.4 Å². The van der Waals surface area contributed by atoms with Crippen molar-refractivity contribution in [3.05, 3.63) is 17.0 Å². The van der Waals surface area contributed by atoms with Crippen LogP contribution in [0.15, 0.2) is 0 Å². The molecule has 1 aliphatic rings. The Hall–Kier alpha value is -0.830. The van der Waals surface area contributed by atoms with Crippen LogP contribution in [0.4, 0.5) is 0 Å². The normalized spacial score (nSPS) is 29.8. The SMILES string of the molecule is CCCNC1CC(C)CC(C)C1n1nc(C)c(CC)c1C. The number of aromatic nitrogens is 2. The minimum absolute atomic E-state index is 0.506. The molecule has 2 rings (SSSR count). The molecule has 3 nitrogen and oxygen atoms in total. The Balaban J connectivity index is 2.32. The van der Waals surface area contributed by atoms with Gasteiger partial charge in [-0.25, -0.2) is 0 Å². The molecule has 1 aliphatic carbocycles. The van der Waals surface area contributed by atoms with Crippen molar-refractivity contribution < 1.29 is 0 Å². The second-order valence-corrected chi connectivity index (χ2v) is 7.05. The smallest absolute Gasteiger partial charge is 0.0701 e. The van der Waals surface area contributed by atoms with Crippen LogP contribution in [0.25, 0.3) is 0 Å². The number of hydrogen-bond acceptors (Lipinski definition) is 2. The summed E-state index contributed by atoms with van der Waals surface area (Å²) in [4.78, 5) is 0. The van der Waals surface area contributed by atoms with Crippen molar-refractivity contribution in [2.24, 2.45) is 11.8 Å². The molecular weight excluding hydrogens is 258 g/mol. The van der Waals surface area contributed by atoms with Gasteiger partial charge in [-0.15, -0.1) is 0 Å². The van der Waals surface area contributed by atoms with Gasteiger partial charge in [0.15, 0.2) is 0 Å². The summed E-state index contributed by atoms with van der Waals surface area (Å²) in [5.41, 5.74) is 4.04. The highest BCUT2D eigenvalue weighted by Gasteiger charge is 2.36. The van der Waals surface area contributed by atoms with Gasteiger partial charge in [-0.3, -0.25) is 4.68 Å². The van der Waals surface area contributed by atoms with Gasteiger partial charge in [0.1, 0.15) is 0 Å². The monoisotopic (exact) mass is 291 g/mol. The summed E-state index contributed by atoms with van der Waals surface area (Å²) in [6.07, 6.45) is 4.87. The summed E-state index contributed by atoms with van der Waals surface area (Å²) in [6, 6.07) is 1.07. The molecule has 0 aliphatic heterocycles. The second-order valence-electron chi connectivity index (χ2n) is 7.05. The van der Waals surface area contributed by atoms with E-state index >= 15 is 0 Å². The topological polar surface area (TPSA) is 29.9 Å². The van der Waals surface area contributed by atoms with Crippen LogP contribution in [-0.2, 0) is 6.42 Å². The largest absolute Gasteiger partial charge is 0.312 e. The third-order valence-electron chi connectivity index (χ3n) is 5.19. The highest BCUT2D eigenvalue weighted by atomic mass is 15.3. The van der Waals surface area contributed by atoms with Crippen molar-refractivity contribution in [1.29, 1.82) is 0 Å². The molecular formula is C18H33N3. The molecule has 0 saturated heterocycles. The Bertz CT molecular complexity index is 463. The van der Waals surface area contributed by atoms with Gasteiger partial charge in [-0.05, 0) is 63.5 Å². The Kier molecular flexibility index (Phi) is 5.48. The first kappa shape index (κ1) is 16.5. The molecule has 1 aromatic rings. The minimum Gasteiger partial charge on any atom is -0.312 e. The van der Waals surface area contributed by atoms with Gasteiger partial charge in [0.25, 0.3) is 0 Å². The summed E-state index contributed by atoms with van der Waals surface area (Å²) in [7, 11) is 0. The van der Waals surface area contributed by atoms with Crippen LogP contribution in [0.5, 0.6) is 0 Å². The lowest BCUT2D eigenvalue weighted by atomic mass is 9.76. The zero-order valence-electron chi connectivity index (χ0n) is 14.7. The second kappa shape index (κ2) is 6.95. The first-order valence-electron chi connectivity index (χ1n) is 8.77. The summed E-state index contributed by atoms with van der Waals surface area (Å²) >= 11 is 0. The van der Waals surface area contributed by atoms with Gasteiger partial charge in [-0.2, -0.15) is 5.10 Å². The molecule has 0 bridgehead atoms. The van der Waals surface area contributed by atoms with Crippen molar-refractivity contribution >= 4 is 0 Å². The number of hydrogen-bond donors (Lipinski definition) is 1. The van der Waals surface area contributed by atoms with Gasteiger partial charge >= 0.3 is 0 Å². The molecule has 0 amide bonds. The fourth-order valence-electron chi connectivity index (χ4n) is 4.28. The van der Waals surface area contributed by atoms with Gasteiger partial charge in [-0.1, -0.05) is 27.7 Å². The van der Waals surface area contributed by atoms with Crippen molar-refractivity contribution in [3.63, 3.8) is 0 Å². The highest BCUT2D eigenvalue weighted by Crippen LogP contribution is 2.38. The number of nitrogens with one attached hydrogen (secondary N) is 1. The number of aryl methyl sites for hydroxylation is 1. The molecule has 4 atom stereocenters. The average Bonchev–Trinajstić information content (AvgIpc) is 2.70. The van der Waals surface area contributed by atoms with Crippen LogP contribution >= 0.6 is 0 Å². The molecule has 3 heteroatoms. The average molecular weight is 291 g/mol. The van der Waals surface area contributed by atoms with E-state index in [0.717, 1.165) is 18.9 Å². The van der Waals surface area contributed by atoms with Gasteiger partial charge in [0.2, 0.25) is 0 Å². The maximum atomic E-state index is 4.92. The molecule has 1 aromatic heterocycles. The number of nitrogens with zero attached hydrogens (tertiary/aromatic N) is 2. The van der Waals surface area contributed by atoms with E-state index in [9.17, 15) is 0 Å². The Labute approximate surface area is 130 Å². The van der Waals surface area contributed by atoms with Crippen LogP contribution in [0.1, 0.15) is 70.0 Å². The van der Waals surface area contributed by atoms with E-state index < -0.39 is 0 Å². The van der Waals surface area contributed by atoms with E-state index in [2.05, 4.69) is 51.5 Å². The van der Waals surface area contributed by atoms with E-state index in [1.165, 1.54) is 36.2 Å². The zero-order valence-corrected chi connectivity index (χ0v) is 14.7. The van der Waals surface area contributed by atoms with E-state index in [1.54, 1.807) is 0 Å². The van der Waals surface area contributed by atoms with E-state index in [-0.39, 0.29) is 0 Å². The molecule has 4 unspecified atom stereocenters. The molecule has 1 saturated carbocycles. The van der Waals surface area contributed by atoms with Gasteiger partial charge in [0.05, 0.1) is 11.7 Å². The van der Waals surface area contributed by atoms with Crippen molar-refractivity contribution in [1.82, 2.24) is 15.1 Å². The number of rotatable bonds is 5. The summed E-state index contributed by atoms with van der Waals surface area (Å²) in [6.45, 7) is 14.8. The summed E-state index contributed by atoms with van der Waals surface area (Å²) in [5.74, 6) is 1.50. The third-order valence-corrected chi connectivity index (χ3v) is 5.19. The molecule has 1 fully saturated rings. The standard InChI is InChI=1S/C18H33N3/c1-7-9-19-17-11-12(3)10-13(4)18(17)21-15(6)16(8-2)14(5)20-21/h12-13,17-19H,7-11H2,1-6H3. The van der Waals surface area contributed by atoms with Gasteiger partial charge in [0, 0.05) is 11.7 Å². The minimum atomic E-state index is 0.506. The van der Waals surface area contributed by atoms with Gasteiger partial charge < -0.3 is 5.32 Å². The quantitative estimate of drug-likeness (QED) is 0.887. The van der Waals surface area contributed by atoms with E-state index in [1.807, 2.05) is 0 Å². The lowest BCUT2D eigenvalue weighted by molar-refractivity contribution is 0.141. The Morgan fingerprint density at radius 2 is 1.90 bits per heavy atom. The molecule has 0 radical (unpaired) electrons. The highest BCUT2D eigenvalue weighted by molar-refractivity contribution is 5.25. The van der Waals surface area contributed by atoms with Crippen LogP contribution in [0.3, 0.4) is 0 Å². The van der Waals surface area contributed by atoms with Crippen molar-refractivity contribution in [2.45, 2.75) is 79.3 Å². The Morgan fingerprint density at radius 1 is 1.19 bits per heavy atom. The summed E-state index contributed by atoms with van der Waals surface area (Å²) in [5, 5.41) is 8.71. The fourth-order valence-corrected chi connectivity index (χ4v) is 4.28. The lowest BCUT2D eigenvalue weighted by Gasteiger charge is -2.40. The van der Waals surface area contributed by atoms with Crippen molar-refractivity contribution in [3.8, 4) is 0 Å². The predicted molar refractivity (Wildman–Crippen MR) is 89.8 cm³/mol. The molecule has 21 heavy (non-hydrogen) atoms. The van der Waals surface area contributed by atoms with Crippen molar-refractivity contribution in [2.75, 3.05) is 6.54 Å².